The fourth-order valence-corrected chi connectivity index (χ4v) is 1.88. The molecular formula is C11H11BrN8. The zero-order chi connectivity index (χ0) is 13.9. The van der Waals surface area contributed by atoms with Crippen LogP contribution in [-0.2, 0) is 0 Å². The third kappa shape index (κ3) is 2.52. The van der Waals surface area contributed by atoms with Crippen molar-refractivity contribution < 1.29 is 0 Å². The summed E-state index contributed by atoms with van der Waals surface area (Å²) in [5.74, 6) is 1.34. The van der Waals surface area contributed by atoms with Crippen molar-refractivity contribution in [2.75, 3.05) is 11.9 Å². The Morgan fingerprint density at radius 1 is 1.15 bits per heavy atom. The van der Waals surface area contributed by atoms with Gasteiger partial charge in [0.2, 0.25) is 5.95 Å². The van der Waals surface area contributed by atoms with Crippen LogP contribution in [0.2, 0.25) is 0 Å². The molecule has 0 radical (unpaired) electrons. The summed E-state index contributed by atoms with van der Waals surface area (Å²) in [6.07, 6.45) is 6.89. The Morgan fingerprint density at radius 2 is 1.95 bits per heavy atom. The molecule has 0 spiro atoms. The summed E-state index contributed by atoms with van der Waals surface area (Å²) in [5.41, 5.74) is 0. The van der Waals surface area contributed by atoms with Crippen LogP contribution in [-0.4, -0.2) is 41.1 Å². The number of nitrogens with zero attached hydrogens (tertiary/aromatic N) is 7. The Morgan fingerprint density at radius 3 is 2.55 bits per heavy atom. The van der Waals surface area contributed by atoms with Gasteiger partial charge in [-0.3, -0.25) is 0 Å². The SMILES string of the molecule is CCNc1nc(-n2cccn2)nc(-n2cc(Br)cn2)n1. The summed E-state index contributed by atoms with van der Waals surface area (Å²) in [5, 5.41) is 11.4. The maximum absolute atomic E-state index is 4.36. The molecule has 20 heavy (non-hydrogen) atoms. The van der Waals surface area contributed by atoms with E-state index in [1.165, 1.54) is 0 Å². The Labute approximate surface area is 123 Å². The molecule has 0 bridgehead atoms. The Bertz CT molecular complexity index is 705. The standard InChI is InChI=1S/C11H11BrN8/c1-2-13-9-16-10(19-5-3-4-14-19)18-11(17-9)20-7-8(12)6-15-20/h3-7H,2H2,1H3,(H,13,16,17,18). The van der Waals surface area contributed by atoms with Crippen LogP contribution in [0.25, 0.3) is 11.9 Å². The molecule has 0 aliphatic heterocycles. The highest BCUT2D eigenvalue weighted by Gasteiger charge is 2.10. The van der Waals surface area contributed by atoms with E-state index < -0.39 is 0 Å². The molecule has 0 saturated carbocycles. The van der Waals surface area contributed by atoms with E-state index in [0.717, 1.165) is 4.47 Å². The molecule has 102 valence electrons. The Balaban J connectivity index is 2.09. The van der Waals surface area contributed by atoms with E-state index in [9.17, 15) is 0 Å². The molecule has 0 fully saturated rings. The topological polar surface area (TPSA) is 86.3 Å². The van der Waals surface area contributed by atoms with Crippen molar-refractivity contribution in [3.05, 3.63) is 35.3 Å². The minimum Gasteiger partial charge on any atom is -0.354 e. The number of hydrogen-bond donors (Lipinski definition) is 1. The molecule has 8 nitrogen and oxygen atoms in total. The van der Waals surface area contributed by atoms with Crippen LogP contribution in [0.15, 0.2) is 35.3 Å². The summed E-state index contributed by atoms with van der Waals surface area (Å²) >= 11 is 3.35. The fraction of sp³-hybridized carbons (Fsp3) is 0.182. The van der Waals surface area contributed by atoms with Gasteiger partial charge >= 0.3 is 0 Å². The van der Waals surface area contributed by atoms with E-state index in [1.54, 1.807) is 40.2 Å². The van der Waals surface area contributed by atoms with Gasteiger partial charge in [-0.1, -0.05) is 0 Å². The van der Waals surface area contributed by atoms with Crippen LogP contribution in [0.3, 0.4) is 0 Å². The summed E-state index contributed by atoms with van der Waals surface area (Å²) in [6.45, 7) is 2.69. The highest BCUT2D eigenvalue weighted by Crippen LogP contribution is 2.12. The number of halogens is 1. The smallest absolute Gasteiger partial charge is 0.257 e. The first-order valence-electron chi connectivity index (χ1n) is 5.97. The first-order chi connectivity index (χ1) is 9.76. The lowest BCUT2D eigenvalue weighted by Crippen LogP contribution is -2.13. The quantitative estimate of drug-likeness (QED) is 0.776. The van der Waals surface area contributed by atoms with Crippen LogP contribution in [0, 0.1) is 0 Å². The molecule has 0 aliphatic carbocycles. The van der Waals surface area contributed by atoms with E-state index >= 15 is 0 Å². The van der Waals surface area contributed by atoms with Crippen LogP contribution in [0.5, 0.6) is 0 Å². The molecule has 9 heteroatoms. The summed E-state index contributed by atoms with van der Waals surface area (Å²) in [4.78, 5) is 13.0. The van der Waals surface area contributed by atoms with Gasteiger partial charge in [-0.15, -0.1) is 0 Å². The maximum atomic E-state index is 4.36. The molecule has 3 aromatic rings. The Kier molecular flexibility index (Phi) is 3.42. The highest BCUT2D eigenvalue weighted by molar-refractivity contribution is 9.10. The summed E-state index contributed by atoms with van der Waals surface area (Å²) in [7, 11) is 0. The van der Waals surface area contributed by atoms with Crippen LogP contribution >= 0.6 is 15.9 Å². The lowest BCUT2D eigenvalue weighted by molar-refractivity contribution is 0.745. The average Bonchev–Trinajstić information content (AvgIpc) is 3.09. The number of aromatic nitrogens is 7. The van der Waals surface area contributed by atoms with E-state index in [-0.39, 0.29) is 0 Å². The minimum atomic E-state index is 0.423. The van der Waals surface area contributed by atoms with E-state index in [1.807, 2.05) is 6.92 Å². The van der Waals surface area contributed by atoms with Gasteiger partial charge in [-0.2, -0.15) is 25.1 Å². The molecule has 0 saturated heterocycles. The predicted octanol–water partition coefficient (Wildman–Crippen LogP) is 1.44. The summed E-state index contributed by atoms with van der Waals surface area (Å²) in [6, 6.07) is 1.81. The molecule has 3 rings (SSSR count). The largest absolute Gasteiger partial charge is 0.354 e. The number of hydrogen-bond acceptors (Lipinski definition) is 6. The third-order valence-electron chi connectivity index (χ3n) is 2.41. The molecule has 0 aromatic carbocycles. The van der Waals surface area contributed by atoms with E-state index in [2.05, 4.69) is 46.4 Å². The van der Waals surface area contributed by atoms with Gasteiger partial charge in [-0.05, 0) is 28.9 Å². The van der Waals surface area contributed by atoms with Crippen LogP contribution in [0.1, 0.15) is 6.92 Å². The van der Waals surface area contributed by atoms with E-state index in [0.29, 0.717) is 24.4 Å². The zero-order valence-electron chi connectivity index (χ0n) is 10.6. The lowest BCUT2D eigenvalue weighted by atomic mass is 10.7. The van der Waals surface area contributed by atoms with Crippen molar-refractivity contribution in [1.82, 2.24) is 34.5 Å². The van der Waals surface area contributed by atoms with Crippen molar-refractivity contribution in [3.8, 4) is 11.9 Å². The van der Waals surface area contributed by atoms with Gasteiger partial charge in [0.15, 0.2) is 0 Å². The van der Waals surface area contributed by atoms with Crippen molar-refractivity contribution >= 4 is 21.9 Å². The maximum Gasteiger partial charge on any atom is 0.257 e. The van der Waals surface area contributed by atoms with Crippen molar-refractivity contribution in [1.29, 1.82) is 0 Å². The molecule has 3 aromatic heterocycles. The highest BCUT2D eigenvalue weighted by atomic mass is 79.9. The van der Waals surface area contributed by atoms with Crippen LogP contribution < -0.4 is 5.32 Å². The molecular weight excluding hydrogens is 324 g/mol. The van der Waals surface area contributed by atoms with Crippen molar-refractivity contribution in [2.24, 2.45) is 0 Å². The lowest BCUT2D eigenvalue weighted by Gasteiger charge is -2.07. The minimum absolute atomic E-state index is 0.423. The number of rotatable bonds is 4. The zero-order valence-corrected chi connectivity index (χ0v) is 12.2. The van der Waals surface area contributed by atoms with Gasteiger partial charge in [0.25, 0.3) is 11.9 Å². The monoisotopic (exact) mass is 334 g/mol. The molecule has 3 heterocycles. The third-order valence-corrected chi connectivity index (χ3v) is 2.82. The van der Waals surface area contributed by atoms with Gasteiger partial charge in [0.05, 0.1) is 10.7 Å². The Hall–Kier alpha value is -2.29. The molecule has 0 aliphatic rings. The second-order valence-corrected chi connectivity index (χ2v) is 4.76. The molecule has 0 amide bonds. The molecule has 0 atom stereocenters. The first-order valence-corrected chi connectivity index (χ1v) is 6.76. The van der Waals surface area contributed by atoms with Gasteiger partial charge in [0.1, 0.15) is 0 Å². The summed E-state index contributed by atoms with van der Waals surface area (Å²) < 4.78 is 3.99. The van der Waals surface area contributed by atoms with Crippen molar-refractivity contribution in [3.63, 3.8) is 0 Å². The van der Waals surface area contributed by atoms with Gasteiger partial charge in [0, 0.05) is 25.1 Å². The number of nitrogens with one attached hydrogen (secondary N) is 1. The number of anilines is 1. The van der Waals surface area contributed by atoms with Gasteiger partial charge in [-0.25, -0.2) is 9.36 Å². The van der Waals surface area contributed by atoms with Crippen molar-refractivity contribution in [2.45, 2.75) is 6.92 Å². The second kappa shape index (κ2) is 5.37. The first kappa shape index (κ1) is 12.7. The molecule has 1 N–H and O–H groups in total. The normalized spacial score (nSPS) is 10.7. The molecule has 0 unspecified atom stereocenters. The fourth-order valence-electron chi connectivity index (χ4n) is 1.59. The van der Waals surface area contributed by atoms with Crippen LogP contribution in [0.4, 0.5) is 5.95 Å². The van der Waals surface area contributed by atoms with Gasteiger partial charge < -0.3 is 5.32 Å². The van der Waals surface area contributed by atoms with E-state index in [4.69, 9.17) is 0 Å². The second-order valence-electron chi connectivity index (χ2n) is 3.84. The average molecular weight is 335 g/mol. The predicted molar refractivity (Wildman–Crippen MR) is 75.9 cm³/mol.